The van der Waals surface area contributed by atoms with Crippen LogP contribution in [0.15, 0.2) is 30.6 Å². The molecule has 0 bridgehead atoms. The fourth-order valence-electron chi connectivity index (χ4n) is 2.54. The molecular formula is C13H17N3O. The van der Waals surface area contributed by atoms with Gasteiger partial charge in [0.15, 0.2) is 0 Å². The van der Waals surface area contributed by atoms with E-state index < -0.39 is 0 Å². The minimum absolute atomic E-state index is 0.309. The standard InChI is InChI=1S/C13H17N3O/c17-10-11-4-6-15(8-11)9-12-7-14-13-3-1-2-5-16(12)13/h1-3,5,7,11,17H,4,6,8-10H2. The normalized spacial score (nSPS) is 21.4. The number of imidazole rings is 1. The van der Waals surface area contributed by atoms with Gasteiger partial charge in [-0.2, -0.15) is 0 Å². The number of rotatable bonds is 3. The first-order chi connectivity index (χ1) is 8.36. The molecule has 90 valence electrons. The third-order valence-corrected chi connectivity index (χ3v) is 3.51. The molecule has 0 spiro atoms. The first-order valence-electron chi connectivity index (χ1n) is 6.11. The molecule has 1 saturated heterocycles. The molecule has 1 aliphatic heterocycles. The van der Waals surface area contributed by atoms with Crippen molar-refractivity contribution in [2.75, 3.05) is 19.7 Å². The zero-order chi connectivity index (χ0) is 11.7. The lowest BCUT2D eigenvalue weighted by atomic mass is 10.1. The molecule has 0 saturated carbocycles. The van der Waals surface area contributed by atoms with E-state index in [1.807, 2.05) is 24.4 Å². The maximum atomic E-state index is 9.14. The molecular weight excluding hydrogens is 214 g/mol. The smallest absolute Gasteiger partial charge is 0.136 e. The van der Waals surface area contributed by atoms with Crippen molar-refractivity contribution in [2.45, 2.75) is 13.0 Å². The van der Waals surface area contributed by atoms with Crippen LogP contribution in [0.5, 0.6) is 0 Å². The van der Waals surface area contributed by atoms with E-state index in [1.165, 1.54) is 5.69 Å². The molecule has 3 heterocycles. The average Bonchev–Trinajstić information content (AvgIpc) is 2.97. The van der Waals surface area contributed by atoms with Crippen molar-refractivity contribution >= 4 is 5.65 Å². The van der Waals surface area contributed by atoms with Crippen LogP contribution in [0.4, 0.5) is 0 Å². The quantitative estimate of drug-likeness (QED) is 0.861. The Kier molecular flexibility index (Phi) is 2.82. The van der Waals surface area contributed by atoms with Crippen LogP contribution in [0.2, 0.25) is 0 Å². The highest BCUT2D eigenvalue weighted by molar-refractivity contribution is 5.39. The third kappa shape index (κ3) is 2.06. The molecule has 0 aliphatic carbocycles. The summed E-state index contributed by atoms with van der Waals surface area (Å²) in [6.07, 6.45) is 5.10. The highest BCUT2D eigenvalue weighted by Gasteiger charge is 2.22. The largest absolute Gasteiger partial charge is 0.396 e. The van der Waals surface area contributed by atoms with Crippen LogP contribution >= 0.6 is 0 Å². The van der Waals surface area contributed by atoms with E-state index in [4.69, 9.17) is 5.11 Å². The topological polar surface area (TPSA) is 40.8 Å². The highest BCUT2D eigenvalue weighted by atomic mass is 16.3. The Morgan fingerprint density at radius 1 is 1.41 bits per heavy atom. The monoisotopic (exact) mass is 231 g/mol. The molecule has 0 radical (unpaired) electrons. The molecule has 0 amide bonds. The Balaban J connectivity index is 1.77. The summed E-state index contributed by atoms with van der Waals surface area (Å²) in [4.78, 5) is 6.77. The van der Waals surface area contributed by atoms with Crippen molar-refractivity contribution in [3.8, 4) is 0 Å². The molecule has 1 aliphatic rings. The van der Waals surface area contributed by atoms with Gasteiger partial charge in [0.25, 0.3) is 0 Å². The van der Waals surface area contributed by atoms with E-state index >= 15 is 0 Å². The number of aliphatic hydroxyl groups excluding tert-OH is 1. The number of pyridine rings is 1. The second-order valence-corrected chi connectivity index (χ2v) is 4.75. The van der Waals surface area contributed by atoms with Gasteiger partial charge in [0, 0.05) is 25.9 Å². The molecule has 2 aromatic rings. The van der Waals surface area contributed by atoms with Gasteiger partial charge < -0.3 is 9.51 Å². The lowest BCUT2D eigenvalue weighted by Gasteiger charge is -2.14. The summed E-state index contributed by atoms with van der Waals surface area (Å²) in [6.45, 7) is 3.30. The highest BCUT2D eigenvalue weighted by Crippen LogP contribution is 2.18. The summed E-state index contributed by atoms with van der Waals surface area (Å²) >= 11 is 0. The van der Waals surface area contributed by atoms with E-state index in [9.17, 15) is 0 Å². The lowest BCUT2D eigenvalue weighted by Crippen LogP contribution is -2.21. The van der Waals surface area contributed by atoms with Gasteiger partial charge in [-0.3, -0.25) is 4.90 Å². The lowest BCUT2D eigenvalue weighted by molar-refractivity contribution is 0.219. The number of likely N-dealkylation sites (tertiary alicyclic amines) is 1. The molecule has 3 rings (SSSR count). The summed E-state index contributed by atoms with van der Waals surface area (Å²) in [5.74, 6) is 0.453. The molecule has 1 unspecified atom stereocenters. The third-order valence-electron chi connectivity index (χ3n) is 3.51. The number of aliphatic hydroxyl groups is 1. The summed E-state index contributed by atoms with van der Waals surface area (Å²) in [5, 5.41) is 9.14. The summed E-state index contributed by atoms with van der Waals surface area (Å²) in [6, 6.07) is 6.05. The maximum absolute atomic E-state index is 9.14. The van der Waals surface area contributed by atoms with E-state index in [1.54, 1.807) is 0 Å². The minimum atomic E-state index is 0.309. The Bertz CT molecular complexity index is 508. The molecule has 17 heavy (non-hydrogen) atoms. The van der Waals surface area contributed by atoms with Crippen molar-refractivity contribution in [3.05, 3.63) is 36.3 Å². The van der Waals surface area contributed by atoms with E-state index in [-0.39, 0.29) is 0 Å². The first kappa shape index (κ1) is 10.7. The van der Waals surface area contributed by atoms with Gasteiger partial charge in [0.1, 0.15) is 5.65 Å². The molecule has 0 aromatic carbocycles. The molecule has 1 atom stereocenters. The van der Waals surface area contributed by atoms with Gasteiger partial charge in [0.2, 0.25) is 0 Å². The van der Waals surface area contributed by atoms with Gasteiger partial charge in [-0.15, -0.1) is 0 Å². The number of hydrogen-bond donors (Lipinski definition) is 1. The van der Waals surface area contributed by atoms with E-state index in [0.717, 1.165) is 31.7 Å². The fraction of sp³-hybridized carbons (Fsp3) is 0.462. The van der Waals surface area contributed by atoms with Gasteiger partial charge in [0.05, 0.1) is 11.9 Å². The van der Waals surface area contributed by atoms with Crippen LogP contribution in [0, 0.1) is 5.92 Å². The second-order valence-electron chi connectivity index (χ2n) is 4.75. The van der Waals surface area contributed by atoms with Gasteiger partial charge in [-0.1, -0.05) is 6.07 Å². The molecule has 1 N–H and O–H groups in total. The van der Waals surface area contributed by atoms with Crippen molar-refractivity contribution in [1.29, 1.82) is 0 Å². The predicted molar refractivity (Wildman–Crippen MR) is 65.7 cm³/mol. The zero-order valence-corrected chi connectivity index (χ0v) is 9.79. The molecule has 2 aromatic heterocycles. The summed E-state index contributed by atoms with van der Waals surface area (Å²) in [7, 11) is 0. The number of hydrogen-bond acceptors (Lipinski definition) is 3. The second kappa shape index (κ2) is 4.47. The van der Waals surface area contributed by atoms with E-state index in [2.05, 4.69) is 20.5 Å². The Morgan fingerprint density at radius 3 is 3.18 bits per heavy atom. The van der Waals surface area contributed by atoms with Gasteiger partial charge >= 0.3 is 0 Å². The SMILES string of the molecule is OCC1CCN(Cc2cnc3ccccn23)C1. The van der Waals surface area contributed by atoms with Crippen LogP contribution in [0.1, 0.15) is 12.1 Å². The molecule has 4 nitrogen and oxygen atoms in total. The van der Waals surface area contributed by atoms with Crippen LogP contribution in [-0.2, 0) is 6.54 Å². The minimum Gasteiger partial charge on any atom is -0.396 e. The first-order valence-corrected chi connectivity index (χ1v) is 6.11. The average molecular weight is 231 g/mol. The summed E-state index contributed by atoms with van der Waals surface area (Å²) < 4.78 is 2.13. The summed E-state index contributed by atoms with van der Waals surface area (Å²) in [5.41, 5.74) is 2.22. The van der Waals surface area contributed by atoms with Gasteiger partial charge in [-0.05, 0) is 31.0 Å². The van der Waals surface area contributed by atoms with Crippen molar-refractivity contribution in [3.63, 3.8) is 0 Å². The van der Waals surface area contributed by atoms with Gasteiger partial charge in [-0.25, -0.2) is 4.98 Å². The Hall–Kier alpha value is -1.39. The van der Waals surface area contributed by atoms with Crippen molar-refractivity contribution < 1.29 is 5.11 Å². The zero-order valence-electron chi connectivity index (χ0n) is 9.79. The predicted octanol–water partition coefficient (Wildman–Crippen LogP) is 1.15. The van der Waals surface area contributed by atoms with Crippen LogP contribution < -0.4 is 0 Å². The van der Waals surface area contributed by atoms with Crippen LogP contribution in [-0.4, -0.2) is 39.1 Å². The Morgan fingerprint density at radius 2 is 2.35 bits per heavy atom. The number of nitrogens with zero attached hydrogens (tertiary/aromatic N) is 3. The van der Waals surface area contributed by atoms with Crippen LogP contribution in [0.3, 0.4) is 0 Å². The molecule has 4 heteroatoms. The Labute approximate surface area is 101 Å². The molecule has 1 fully saturated rings. The van der Waals surface area contributed by atoms with E-state index in [0.29, 0.717) is 12.5 Å². The maximum Gasteiger partial charge on any atom is 0.136 e. The number of aromatic nitrogens is 2. The van der Waals surface area contributed by atoms with Crippen LogP contribution in [0.25, 0.3) is 5.65 Å². The fourth-order valence-corrected chi connectivity index (χ4v) is 2.54. The van der Waals surface area contributed by atoms with Crippen molar-refractivity contribution in [1.82, 2.24) is 14.3 Å². The van der Waals surface area contributed by atoms with Crippen molar-refractivity contribution in [2.24, 2.45) is 5.92 Å². The number of fused-ring (bicyclic) bond motifs is 1.